The number of benzene rings is 1. The summed E-state index contributed by atoms with van der Waals surface area (Å²) in [6, 6.07) is 7.61. The number of nitriles is 1. The molecule has 0 bridgehead atoms. The normalized spacial score (nSPS) is 19.7. The van der Waals surface area contributed by atoms with Crippen molar-refractivity contribution in [2.24, 2.45) is 5.41 Å². The van der Waals surface area contributed by atoms with Gasteiger partial charge in [0.05, 0.1) is 29.7 Å². The predicted molar refractivity (Wildman–Crippen MR) is 78.7 cm³/mol. The highest BCUT2D eigenvalue weighted by Gasteiger charge is 2.39. The summed E-state index contributed by atoms with van der Waals surface area (Å²) in [6.45, 7) is 0. The van der Waals surface area contributed by atoms with Gasteiger partial charge in [-0.1, -0.05) is 43.4 Å². The van der Waals surface area contributed by atoms with Crippen molar-refractivity contribution in [3.05, 3.63) is 28.8 Å². The van der Waals surface area contributed by atoms with Crippen LogP contribution in [-0.2, 0) is 0 Å². The molecular weight excluding hydrogens is 274 g/mol. The number of aliphatic hydroxyl groups excluding tert-OH is 1. The molecule has 1 saturated carbocycles. The molecule has 0 spiro atoms. The van der Waals surface area contributed by atoms with Gasteiger partial charge >= 0.3 is 0 Å². The molecule has 1 N–H and O–H groups in total. The molecule has 0 amide bonds. The van der Waals surface area contributed by atoms with Gasteiger partial charge in [-0.05, 0) is 30.5 Å². The van der Waals surface area contributed by atoms with Crippen LogP contribution in [0.5, 0.6) is 5.75 Å². The fourth-order valence-corrected chi connectivity index (χ4v) is 3.24. The molecule has 0 heterocycles. The fourth-order valence-electron chi connectivity index (χ4n) is 2.98. The molecule has 1 aromatic carbocycles. The van der Waals surface area contributed by atoms with Crippen LogP contribution in [0.1, 0.15) is 50.2 Å². The lowest BCUT2D eigenvalue weighted by Gasteiger charge is -2.31. The number of ether oxygens (including phenoxy) is 1. The van der Waals surface area contributed by atoms with Crippen LogP contribution in [0.15, 0.2) is 18.2 Å². The van der Waals surface area contributed by atoms with Crippen molar-refractivity contribution in [3.8, 4) is 11.8 Å². The van der Waals surface area contributed by atoms with Crippen molar-refractivity contribution >= 4 is 11.6 Å². The summed E-state index contributed by atoms with van der Waals surface area (Å²) in [5.41, 5.74) is 0.00766. The predicted octanol–water partition coefficient (Wildman–Crippen LogP) is 4.25. The molecule has 1 atom stereocenters. The van der Waals surface area contributed by atoms with Gasteiger partial charge < -0.3 is 9.84 Å². The maximum absolute atomic E-state index is 10.7. The highest BCUT2D eigenvalue weighted by atomic mass is 35.5. The van der Waals surface area contributed by atoms with Gasteiger partial charge in [0.25, 0.3) is 0 Å². The maximum Gasteiger partial charge on any atom is 0.137 e. The molecule has 1 unspecified atom stereocenters. The van der Waals surface area contributed by atoms with E-state index >= 15 is 0 Å². The molecule has 1 aliphatic carbocycles. The molecule has 3 nitrogen and oxygen atoms in total. The lowest BCUT2D eigenvalue weighted by Crippen LogP contribution is -2.27. The Kier molecular flexibility index (Phi) is 4.91. The van der Waals surface area contributed by atoms with Crippen LogP contribution >= 0.6 is 11.6 Å². The summed E-state index contributed by atoms with van der Waals surface area (Å²) in [4.78, 5) is 0. The monoisotopic (exact) mass is 293 g/mol. The van der Waals surface area contributed by atoms with Crippen LogP contribution in [0, 0.1) is 16.7 Å². The summed E-state index contributed by atoms with van der Waals surface area (Å²) < 4.78 is 5.12. The largest absolute Gasteiger partial charge is 0.495 e. The van der Waals surface area contributed by atoms with E-state index < -0.39 is 11.5 Å². The molecular formula is C16H20ClNO2. The molecule has 0 aliphatic heterocycles. The minimum absolute atomic E-state index is 0.464. The third-order valence-electron chi connectivity index (χ3n) is 4.23. The standard InChI is InChI=1S/C16H20ClNO2/c1-20-14-7-6-12(10-13(14)17)15(19)16(11-18)8-4-2-3-5-9-16/h6-7,10,15,19H,2-5,8-9H2,1H3. The number of methoxy groups -OCH3 is 1. The number of rotatable bonds is 3. The second-order valence-corrected chi connectivity index (χ2v) is 5.89. The van der Waals surface area contributed by atoms with E-state index in [1.54, 1.807) is 25.3 Å². The van der Waals surface area contributed by atoms with Crippen LogP contribution in [-0.4, -0.2) is 12.2 Å². The molecule has 0 aromatic heterocycles. The van der Waals surface area contributed by atoms with Gasteiger partial charge in [-0.2, -0.15) is 5.26 Å². The zero-order chi connectivity index (χ0) is 14.6. The van der Waals surface area contributed by atoms with Crippen LogP contribution in [0.25, 0.3) is 0 Å². The Morgan fingerprint density at radius 3 is 2.45 bits per heavy atom. The van der Waals surface area contributed by atoms with Gasteiger partial charge in [-0.15, -0.1) is 0 Å². The Balaban J connectivity index is 2.30. The van der Waals surface area contributed by atoms with E-state index in [0.717, 1.165) is 38.5 Å². The summed E-state index contributed by atoms with van der Waals surface area (Å²) in [5, 5.41) is 20.8. The third-order valence-corrected chi connectivity index (χ3v) is 4.53. The Bertz CT molecular complexity index is 502. The summed E-state index contributed by atoms with van der Waals surface area (Å²) >= 11 is 6.11. The van der Waals surface area contributed by atoms with Crippen LogP contribution < -0.4 is 4.74 Å². The molecule has 0 saturated heterocycles. The molecule has 4 heteroatoms. The summed E-state index contributed by atoms with van der Waals surface area (Å²) in [6.07, 6.45) is 4.96. The van der Waals surface area contributed by atoms with E-state index in [-0.39, 0.29) is 0 Å². The van der Waals surface area contributed by atoms with E-state index in [4.69, 9.17) is 16.3 Å². The second kappa shape index (κ2) is 6.47. The van der Waals surface area contributed by atoms with Gasteiger partial charge in [0, 0.05) is 0 Å². The van der Waals surface area contributed by atoms with E-state index in [0.29, 0.717) is 16.3 Å². The average Bonchev–Trinajstić information content (AvgIpc) is 2.72. The first-order valence-electron chi connectivity index (χ1n) is 7.06. The summed E-state index contributed by atoms with van der Waals surface area (Å²) in [7, 11) is 1.55. The molecule has 20 heavy (non-hydrogen) atoms. The summed E-state index contributed by atoms with van der Waals surface area (Å²) in [5.74, 6) is 0.578. The van der Waals surface area contributed by atoms with E-state index in [9.17, 15) is 10.4 Å². The lowest BCUT2D eigenvalue weighted by atomic mass is 9.74. The van der Waals surface area contributed by atoms with Gasteiger partial charge in [-0.3, -0.25) is 0 Å². The molecule has 2 rings (SSSR count). The quantitative estimate of drug-likeness (QED) is 0.848. The first-order valence-corrected chi connectivity index (χ1v) is 7.43. The smallest absolute Gasteiger partial charge is 0.137 e. The van der Waals surface area contributed by atoms with Crippen molar-refractivity contribution in [3.63, 3.8) is 0 Å². The van der Waals surface area contributed by atoms with E-state index in [1.807, 2.05) is 0 Å². The molecule has 0 radical (unpaired) electrons. The molecule has 1 aliphatic rings. The van der Waals surface area contributed by atoms with Crippen LogP contribution in [0.3, 0.4) is 0 Å². The number of halogens is 1. The highest BCUT2D eigenvalue weighted by molar-refractivity contribution is 6.32. The molecule has 1 aromatic rings. The Morgan fingerprint density at radius 1 is 1.30 bits per heavy atom. The fraction of sp³-hybridized carbons (Fsp3) is 0.562. The number of nitrogens with zero attached hydrogens (tertiary/aromatic N) is 1. The number of aliphatic hydroxyl groups is 1. The molecule has 1 fully saturated rings. The zero-order valence-corrected chi connectivity index (χ0v) is 12.5. The minimum Gasteiger partial charge on any atom is -0.495 e. The molecule has 108 valence electrons. The first-order chi connectivity index (χ1) is 9.63. The average molecular weight is 294 g/mol. The lowest BCUT2D eigenvalue weighted by molar-refractivity contribution is 0.0516. The van der Waals surface area contributed by atoms with Crippen LogP contribution in [0.4, 0.5) is 0 Å². The minimum atomic E-state index is -0.797. The number of hydrogen-bond donors (Lipinski definition) is 1. The van der Waals surface area contributed by atoms with Gasteiger partial charge in [-0.25, -0.2) is 0 Å². The Hall–Kier alpha value is -1.24. The van der Waals surface area contributed by atoms with Crippen molar-refractivity contribution in [2.75, 3.05) is 7.11 Å². The van der Waals surface area contributed by atoms with Crippen molar-refractivity contribution in [1.82, 2.24) is 0 Å². The maximum atomic E-state index is 10.7. The second-order valence-electron chi connectivity index (χ2n) is 5.48. The van der Waals surface area contributed by atoms with Gasteiger partial charge in [0.1, 0.15) is 5.75 Å². The zero-order valence-electron chi connectivity index (χ0n) is 11.7. The first kappa shape index (κ1) is 15.2. The van der Waals surface area contributed by atoms with Crippen molar-refractivity contribution < 1.29 is 9.84 Å². The van der Waals surface area contributed by atoms with E-state index in [2.05, 4.69) is 6.07 Å². The highest BCUT2D eigenvalue weighted by Crippen LogP contribution is 2.45. The van der Waals surface area contributed by atoms with Crippen LogP contribution in [0.2, 0.25) is 5.02 Å². The number of hydrogen-bond acceptors (Lipinski definition) is 3. The third kappa shape index (κ3) is 2.92. The van der Waals surface area contributed by atoms with Crippen molar-refractivity contribution in [1.29, 1.82) is 5.26 Å². The Morgan fingerprint density at radius 2 is 1.95 bits per heavy atom. The van der Waals surface area contributed by atoms with Gasteiger partial charge in [0.15, 0.2) is 0 Å². The van der Waals surface area contributed by atoms with Gasteiger partial charge in [0.2, 0.25) is 0 Å². The van der Waals surface area contributed by atoms with Crippen molar-refractivity contribution in [2.45, 2.75) is 44.6 Å². The topological polar surface area (TPSA) is 53.2 Å². The Labute approximate surface area is 125 Å². The SMILES string of the molecule is COc1ccc(C(O)C2(C#N)CCCCCC2)cc1Cl. The van der Waals surface area contributed by atoms with E-state index in [1.165, 1.54) is 0 Å².